The van der Waals surface area contributed by atoms with Crippen molar-refractivity contribution < 1.29 is 36.8 Å². The molecule has 3 N–H and O–H groups in total. The van der Waals surface area contributed by atoms with E-state index in [0.717, 1.165) is 0 Å². The van der Waals surface area contributed by atoms with Crippen LogP contribution in [-0.2, 0) is 38.6 Å². The van der Waals surface area contributed by atoms with E-state index in [2.05, 4.69) is 21.3 Å². The fourth-order valence-electron chi connectivity index (χ4n) is 2.36. The number of nitrogens with zero attached hydrogens (tertiary/aromatic N) is 1. The molecule has 0 spiro atoms. The van der Waals surface area contributed by atoms with Crippen LogP contribution >= 0.6 is 0 Å². The Morgan fingerprint density at radius 2 is 1.06 bits per heavy atom. The Kier molecular flexibility index (Phi) is 24.6. The Morgan fingerprint density at radius 3 is 1.53 bits per heavy atom. The predicted molar refractivity (Wildman–Crippen MR) is 130 cm³/mol. The molecule has 13 heteroatoms. The Balaban J connectivity index is 3.96. The summed E-state index contributed by atoms with van der Waals surface area (Å²) in [4.78, 5) is 0. The summed E-state index contributed by atoms with van der Waals surface area (Å²) < 4.78 is 61.3. The lowest BCUT2D eigenvalue weighted by molar-refractivity contribution is 0.00199. The summed E-state index contributed by atoms with van der Waals surface area (Å²) in [6.07, 6.45) is 5.07. The molecule has 0 amide bonds. The Bertz CT molecular complexity index is 564. The SMILES string of the molecule is C#CCOCCOCCOCCOCCNS(=O)(=O)N(CCOCCNC)CCOCCNC. The Labute approximate surface area is 205 Å². The van der Waals surface area contributed by atoms with Crippen LogP contribution in [0.3, 0.4) is 0 Å². The summed E-state index contributed by atoms with van der Waals surface area (Å²) in [5.41, 5.74) is 0. The topological polar surface area (TPSA) is 129 Å². The molecule has 0 rings (SSSR count). The first-order chi connectivity index (χ1) is 16.6. The lowest BCUT2D eigenvalue weighted by Crippen LogP contribution is -2.45. The molecule has 34 heavy (non-hydrogen) atoms. The van der Waals surface area contributed by atoms with E-state index in [1.54, 1.807) is 0 Å². The van der Waals surface area contributed by atoms with Crippen LogP contribution in [0.1, 0.15) is 0 Å². The number of rotatable bonds is 27. The summed E-state index contributed by atoms with van der Waals surface area (Å²) in [6, 6.07) is 0. The first-order valence-corrected chi connectivity index (χ1v) is 13.0. The van der Waals surface area contributed by atoms with E-state index in [1.165, 1.54) is 4.31 Å². The molecule has 0 aliphatic heterocycles. The zero-order valence-corrected chi connectivity index (χ0v) is 21.5. The molecule has 0 fully saturated rings. The van der Waals surface area contributed by atoms with Crippen LogP contribution < -0.4 is 15.4 Å². The van der Waals surface area contributed by atoms with Crippen molar-refractivity contribution in [3.63, 3.8) is 0 Å². The van der Waals surface area contributed by atoms with Crippen molar-refractivity contribution in [1.82, 2.24) is 19.7 Å². The van der Waals surface area contributed by atoms with Crippen LogP contribution in [0.5, 0.6) is 0 Å². The Morgan fingerprint density at radius 1 is 0.647 bits per heavy atom. The summed E-state index contributed by atoms with van der Waals surface area (Å²) in [5.74, 6) is 2.38. The fraction of sp³-hybridized carbons (Fsp3) is 0.905. The predicted octanol–water partition coefficient (Wildman–Crippen LogP) is -1.71. The molecule has 0 aromatic rings. The van der Waals surface area contributed by atoms with Crippen LogP contribution in [0.2, 0.25) is 0 Å². The molecule has 0 heterocycles. The van der Waals surface area contributed by atoms with Crippen LogP contribution in [0.4, 0.5) is 0 Å². The molecule has 12 nitrogen and oxygen atoms in total. The number of terminal acetylenes is 1. The minimum Gasteiger partial charge on any atom is -0.379 e. The summed E-state index contributed by atoms with van der Waals surface area (Å²) in [6.45, 7) is 6.72. The van der Waals surface area contributed by atoms with Crippen molar-refractivity contribution in [3.8, 4) is 12.3 Å². The van der Waals surface area contributed by atoms with Gasteiger partial charge in [-0.1, -0.05) is 5.92 Å². The van der Waals surface area contributed by atoms with Gasteiger partial charge in [-0.25, -0.2) is 0 Å². The van der Waals surface area contributed by atoms with Gasteiger partial charge in [0.2, 0.25) is 0 Å². The minimum atomic E-state index is -3.68. The van der Waals surface area contributed by atoms with E-state index in [-0.39, 0.29) is 32.8 Å². The van der Waals surface area contributed by atoms with Gasteiger partial charge >= 0.3 is 0 Å². The first-order valence-electron chi connectivity index (χ1n) is 11.5. The van der Waals surface area contributed by atoms with Crippen LogP contribution in [0, 0.1) is 12.3 Å². The van der Waals surface area contributed by atoms with E-state index in [4.69, 9.17) is 34.8 Å². The average molecular weight is 513 g/mol. The number of hydrogen-bond acceptors (Lipinski definition) is 10. The lowest BCUT2D eigenvalue weighted by atomic mass is 10.6. The van der Waals surface area contributed by atoms with E-state index < -0.39 is 10.2 Å². The second-order valence-corrected chi connectivity index (χ2v) is 8.58. The zero-order valence-electron chi connectivity index (χ0n) is 20.7. The largest absolute Gasteiger partial charge is 0.379 e. The van der Waals surface area contributed by atoms with Gasteiger partial charge in [0.05, 0.1) is 72.7 Å². The monoisotopic (exact) mass is 512 g/mol. The number of ether oxygens (including phenoxy) is 6. The van der Waals surface area contributed by atoms with Crippen LogP contribution in [0.25, 0.3) is 0 Å². The Hall–Kier alpha value is -0.890. The summed E-state index contributed by atoms with van der Waals surface area (Å²) >= 11 is 0. The van der Waals surface area contributed by atoms with Crippen molar-refractivity contribution >= 4 is 10.2 Å². The molecule has 0 radical (unpaired) electrons. The molecular weight excluding hydrogens is 468 g/mol. The third-order valence-corrected chi connectivity index (χ3v) is 5.75. The van der Waals surface area contributed by atoms with Gasteiger partial charge in [0.15, 0.2) is 0 Å². The van der Waals surface area contributed by atoms with Gasteiger partial charge in [0.1, 0.15) is 6.61 Å². The van der Waals surface area contributed by atoms with Crippen molar-refractivity contribution in [2.75, 3.05) is 126 Å². The van der Waals surface area contributed by atoms with Crippen molar-refractivity contribution in [1.29, 1.82) is 0 Å². The lowest BCUT2D eigenvalue weighted by Gasteiger charge is -2.22. The number of likely N-dealkylation sites (N-methyl/N-ethyl adjacent to an activating group) is 2. The highest BCUT2D eigenvalue weighted by atomic mass is 32.2. The maximum atomic E-state index is 12.7. The third-order valence-electron chi connectivity index (χ3n) is 4.14. The molecule has 0 saturated carbocycles. The molecule has 0 saturated heterocycles. The normalized spacial score (nSPS) is 11.8. The van der Waals surface area contributed by atoms with Crippen LogP contribution in [-0.4, -0.2) is 139 Å². The van der Waals surface area contributed by atoms with Gasteiger partial charge in [-0.3, -0.25) is 0 Å². The minimum absolute atomic E-state index is 0.154. The van der Waals surface area contributed by atoms with Crippen molar-refractivity contribution in [3.05, 3.63) is 0 Å². The molecule has 202 valence electrons. The maximum absolute atomic E-state index is 12.7. The van der Waals surface area contributed by atoms with Crippen molar-refractivity contribution in [2.45, 2.75) is 0 Å². The molecule has 0 aromatic heterocycles. The zero-order chi connectivity index (χ0) is 25.2. The van der Waals surface area contributed by atoms with E-state index >= 15 is 0 Å². The molecular formula is C21H44N4O8S. The van der Waals surface area contributed by atoms with E-state index in [9.17, 15) is 8.42 Å². The van der Waals surface area contributed by atoms with E-state index in [0.29, 0.717) is 79.2 Å². The molecule has 0 bridgehead atoms. The molecule has 0 unspecified atom stereocenters. The quantitative estimate of drug-likeness (QED) is 0.0865. The summed E-state index contributed by atoms with van der Waals surface area (Å²) in [7, 11) is -0.0212. The highest BCUT2D eigenvalue weighted by molar-refractivity contribution is 7.87. The van der Waals surface area contributed by atoms with Gasteiger partial charge in [0.25, 0.3) is 10.2 Å². The smallest absolute Gasteiger partial charge is 0.279 e. The van der Waals surface area contributed by atoms with Gasteiger partial charge < -0.3 is 39.1 Å². The summed E-state index contributed by atoms with van der Waals surface area (Å²) in [5, 5.41) is 5.95. The standard InChI is InChI=1S/C21H44N4O8S/c1-4-10-28-16-18-32-20-21-33-19-17-31-13-7-24-34(26,27)25(8-14-29-11-5-22-2)9-15-30-12-6-23-3/h1,22-24H,5-21H2,2-3H3. The first kappa shape index (κ1) is 33.1. The van der Waals surface area contributed by atoms with Crippen molar-refractivity contribution in [2.24, 2.45) is 0 Å². The highest BCUT2D eigenvalue weighted by Gasteiger charge is 2.21. The molecule has 0 aliphatic rings. The maximum Gasteiger partial charge on any atom is 0.279 e. The third kappa shape index (κ3) is 21.6. The van der Waals surface area contributed by atoms with E-state index in [1.807, 2.05) is 14.1 Å². The van der Waals surface area contributed by atoms with Gasteiger partial charge in [-0.05, 0) is 14.1 Å². The molecule has 0 atom stereocenters. The molecule has 0 aromatic carbocycles. The second kappa shape index (κ2) is 25.2. The second-order valence-electron chi connectivity index (χ2n) is 6.82. The molecule has 0 aliphatic carbocycles. The van der Waals surface area contributed by atoms with Gasteiger partial charge in [-0.15, -0.1) is 6.42 Å². The average Bonchev–Trinajstić information content (AvgIpc) is 2.82. The van der Waals surface area contributed by atoms with Crippen LogP contribution in [0.15, 0.2) is 0 Å². The number of nitrogens with one attached hydrogen (secondary N) is 3. The fourth-order valence-corrected chi connectivity index (χ4v) is 3.52. The highest BCUT2D eigenvalue weighted by Crippen LogP contribution is 1.99. The van der Waals surface area contributed by atoms with Gasteiger partial charge in [-0.2, -0.15) is 17.4 Å². The number of hydrogen-bond donors (Lipinski definition) is 3. The van der Waals surface area contributed by atoms with Gasteiger partial charge in [0, 0.05) is 32.7 Å².